The second-order valence-corrected chi connectivity index (χ2v) is 6.92. The van der Waals surface area contributed by atoms with Crippen molar-refractivity contribution in [3.05, 3.63) is 40.6 Å². The fourth-order valence-electron chi connectivity index (χ4n) is 3.69. The van der Waals surface area contributed by atoms with Crippen molar-refractivity contribution in [2.24, 2.45) is 0 Å². The van der Waals surface area contributed by atoms with Crippen LogP contribution in [0.5, 0.6) is 0 Å². The smallest absolute Gasteiger partial charge is 0.358 e. The van der Waals surface area contributed by atoms with E-state index >= 15 is 0 Å². The van der Waals surface area contributed by atoms with Crippen LogP contribution in [0.2, 0.25) is 0 Å². The van der Waals surface area contributed by atoms with E-state index in [2.05, 4.69) is 29.7 Å². The number of hydrogen-bond acceptors (Lipinski definition) is 7. The van der Waals surface area contributed by atoms with Gasteiger partial charge in [-0.15, -0.1) is 10.2 Å². The van der Waals surface area contributed by atoms with Gasteiger partial charge in [-0.3, -0.25) is 0 Å². The highest BCUT2D eigenvalue weighted by Crippen LogP contribution is 2.38. The van der Waals surface area contributed by atoms with E-state index in [9.17, 15) is 10.1 Å². The van der Waals surface area contributed by atoms with E-state index in [1.165, 1.54) is 23.6 Å². The quantitative estimate of drug-likeness (QED) is 0.520. The molecule has 0 amide bonds. The van der Waals surface area contributed by atoms with Gasteiger partial charge in [-0.05, 0) is 36.7 Å². The van der Waals surface area contributed by atoms with Crippen molar-refractivity contribution in [2.75, 3.05) is 18.0 Å². The summed E-state index contributed by atoms with van der Waals surface area (Å²) in [5.74, 6) is 2.12. The van der Waals surface area contributed by atoms with Gasteiger partial charge in [0, 0.05) is 31.1 Å². The predicted octanol–water partition coefficient (Wildman–Crippen LogP) is 1.95. The van der Waals surface area contributed by atoms with E-state index in [0.717, 1.165) is 37.6 Å². The standard InChI is InChI=1S/C16H18N8O2/c25-24(26)15-9-17-13-3-4-14(20-23(13)15)21-7-5-11(6-8-21)16-19-18-10-22(16)12-1-2-12/h3-4,9-12H,1-2,5-8H2. The second kappa shape index (κ2) is 5.75. The van der Waals surface area contributed by atoms with Gasteiger partial charge < -0.3 is 19.6 Å². The van der Waals surface area contributed by atoms with Gasteiger partial charge in [0.2, 0.25) is 5.65 Å². The largest absolute Gasteiger partial charge is 0.368 e. The monoisotopic (exact) mass is 354 g/mol. The van der Waals surface area contributed by atoms with E-state index in [1.807, 2.05) is 12.4 Å². The normalized spacial score (nSPS) is 18.5. The van der Waals surface area contributed by atoms with Crippen molar-refractivity contribution in [2.45, 2.75) is 37.6 Å². The van der Waals surface area contributed by atoms with E-state index < -0.39 is 4.92 Å². The first-order valence-corrected chi connectivity index (χ1v) is 8.84. The molecular weight excluding hydrogens is 336 g/mol. The van der Waals surface area contributed by atoms with Crippen LogP contribution in [0, 0.1) is 10.1 Å². The van der Waals surface area contributed by atoms with Crippen molar-refractivity contribution in [3.63, 3.8) is 0 Å². The number of piperidine rings is 1. The molecule has 0 spiro atoms. The van der Waals surface area contributed by atoms with Crippen LogP contribution in [0.3, 0.4) is 0 Å². The summed E-state index contributed by atoms with van der Waals surface area (Å²) in [6.07, 6.45) is 7.47. The molecule has 0 radical (unpaired) electrons. The van der Waals surface area contributed by atoms with Crippen molar-refractivity contribution in [1.82, 2.24) is 29.4 Å². The van der Waals surface area contributed by atoms with Gasteiger partial charge in [-0.1, -0.05) is 9.61 Å². The van der Waals surface area contributed by atoms with Crippen LogP contribution in [0.4, 0.5) is 11.6 Å². The first kappa shape index (κ1) is 15.2. The maximum absolute atomic E-state index is 11.1. The molecule has 3 aromatic heterocycles. The number of fused-ring (bicyclic) bond motifs is 1. The maximum Gasteiger partial charge on any atom is 0.368 e. The summed E-state index contributed by atoms with van der Waals surface area (Å²) in [4.78, 5) is 16.8. The minimum atomic E-state index is -0.465. The number of imidazole rings is 1. The Kier molecular flexibility index (Phi) is 3.37. The lowest BCUT2D eigenvalue weighted by Crippen LogP contribution is -2.34. The third-order valence-corrected chi connectivity index (χ3v) is 5.24. The zero-order chi connectivity index (χ0) is 17.7. The van der Waals surface area contributed by atoms with Crippen molar-refractivity contribution < 1.29 is 4.92 Å². The Morgan fingerprint density at radius 2 is 1.96 bits per heavy atom. The second-order valence-electron chi connectivity index (χ2n) is 6.92. The molecule has 0 aromatic carbocycles. The summed E-state index contributed by atoms with van der Waals surface area (Å²) in [5.41, 5.74) is 0.480. The minimum absolute atomic E-state index is 0.116. The van der Waals surface area contributed by atoms with Crippen LogP contribution in [-0.2, 0) is 0 Å². The fraction of sp³-hybridized carbons (Fsp3) is 0.500. The molecule has 26 heavy (non-hydrogen) atoms. The zero-order valence-corrected chi connectivity index (χ0v) is 14.1. The molecule has 1 saturated heterocycles. The molecule has 0 N–H and O–H groups in total. The summed E-state index contributed by atoms with van der Waals surface area (Å²) < 4.78 is 3.53. The van der Waals surface area contributed by atoms with Crippen LogP contribution < -0.4 is 4.90 Å². The molecule has 1 saturated carbocycles. The lowest BCUT2D eigenvalue weighted by Gasteiger charge is -2.31. The number of hydrogen-bond donors (Lipinski definition) is 0. The molecule has 1 aliphatic heterocycles. The Labute approximate surface area is 148 Å². The van der Waals surface area contributed by atoms with Crippen molar-refractivity contribution in [1.29, 1.82) is 0 Å². The van der Waals surface area contributed by atoms with Crippen LogP contribution >= 0.6 is 0 Å². The van der Waals surface area contributed by atoms with Crippen LogP contribution in [0.1, 0.15) is 43.5 Å². The van der Waals surface area contributed by atoms with Gasteiger partial charge in [-0.2, -0.15) is 0 Å². The third-order valence-electron chi connectivity index (χ3n) is 5.24. The van der Waals surface area contributed by atoms with Gasteiger partial charge in [0.25, 0.3) is 0 Å². The summed E-state index contributed by atoms with van der Waals surface area (Å²) in [7, 11) is 0. The fourth-order valence-corrected chi connectivity index (χ4v) is 3.69. The number of nitro groups is 1. The highest BCUT2D eigenvalue weighted by atomic mass is 16.6. The van der Waals surface area contributed by atoms with Gasteiger partial charge in [-0.25, -0.2) is 4.98 Å². The molecule has 2 fully saturated rings. The highest BCUT2D eigenvalue weighted by molar-refractivity contribution is 5.49. The summed E-state index contributed by atoms with van der Waals surface area (Å²) in [6, 6.07) is 4.23. The highest BCUT2D eigenvalue weighted by Gasteiger charge is 2.31. The van der Waals surface area contributed by atoms with E-state index in [4.69, 9.17) is 0 Å². The third kappa shape index (κ3) is 2.49. The van der Waals surface area contributed by atoms with Gasteiger partial charge in [0.05, 0.1) is 0 Å². The number of aromatic nitrogens is 6. The predicted molar refractivity (Wildman–Crippen MR) is 92.1 cm³/mol. The van der Waals surface area contributed by atoms with E-state index in [1.54, 1.807) is 6.07 Å². The maximum atomic E-state index is 11.1. The van der Waals surface area contributed by atoms with Crippen LogP contribution in [0.25, 0.3) is 5.65 Å². The number of nitrogens with zero attached hydrogens (tertiary/aromatic N) is 8. The summed E-state index contributed by atoms with van der Waals surface area (Å²) in [5, 5.41) is 24.0. The van der Waals surface area contributed by atoms with E-state index in [0.29, 0.717) is 17.6 Å². The SMILES string of the molecule is O=[N+]([O-])c1cnc2ccc(N3CCC(c4nncn4C4CC4)CC3)nn12. The topological polar surface area (TPSA) is 107 Å². The molecule has 134 valence electrons. The average Bonchev–Trinajstić information content (AvgIpc) is 3.23. The number of rotatable bonds is 4. The van der Waals surface area contributed by atoms with Gasteiger partial charge >= 0.3 is 5.82 Å². The van der Waals surface area contributed by atoms with Crippen LogP contribution in [-0.4, -0.2) is 47.4 Å². The molecule has 0 bridgehead atoms. The first-order chi connectivity index (χ1) is 12.7. The molecule has 3 aromatic rings. The molecule has 0 unspecified atom stereocenters. The lowest BCUT2D eigenvalue weighted by atomic mass is 9.96. The molecule has 2 aliphatic rings. The summed E-state index contributed by atoms with van der Waals surface area (Å²) in [6.45, 7) is 1.67. The van der Waals surface area contributed by atoms with Gasteiger partial charge in [0.15, 0.2) is 5.82 Å². The molecule has 5 rings (SSSR count). The van der Waals surface area contributed by atoms with Crippen molar-refractivity contribution in [3.8, 4) is 0 Å². The average molecular weight is 354 g/mol. The van der Waals surface area contributed by atoms with Crippen LogP contribution in [0.15, 0.2) is 24.7 Å². The summed E-state index contributed by atoms with van der Waals surface area (Å²) >= 11 is 0. The molecular formula is C16H18N8O2. The molecule has 10 nitrogen and oxygen atoms in total. The molecule has 4 heterocycles. The Hall–Kier alpha value is -3.04. The molecule has 1 aliphatic carbocycles. The van der Waals surface area contributed by atoms with Crippen molar-refractivity contribution >= 4 is 17.3 Å². The Balaban J connectivity index is 1.35. The lowest BCUT2D eigenvalue weighted by molar-refractivity contribution is -0.391. The van der Waals surface area contributed by atoms with Gasteiger partial charge in [0.1, 0.15) is 18.3 Å². The molecule has 10 heteroatoms. The first-order valence-electron chi connectivity index (χ1n) is 8.84. The zero-order valence-electron chi connectivity index (χ0n) is 14.1. The van der Waals surface area contributed by atoms with E-state index in [-0.39, 0.29) is 5.82 Å². The number of anilines is 1. The minimum Gasteiger partial charge on any atom is -0.358 e. The Morgan fingerprint density at radius 1 is 1.15 bits per heavy atom. The molecule has 0 atom stereocenters. The Bertz CT molecular complexity index is 968. The Morgan fingerprint density at radius 3 is 2.69 bits per heavy atom.